The molecule has 1 fully saturated rings. The summed E-state index contributed by atoms with van der Waals surface area (Å²) >= 11 is 5.82. The van der Waals surface area contributed by atoms with Gasteiger partial charge in [-0.25, -0.2) is 0 Å². The third-order valence-corrected chi connectivity index (χ3v) is 5.54. The van der Waals surface area contributed by atoms with E-state index in [2.05, 4.69) is 65.5 Å². The molecule has 1 aliphatic heterocycles. The topological polar surface area (TPSA) is 27.7 Å². The number of anilines is 1. The first-order valence-corrected chi connectivity index (χ1v) is 9.92. The summed E-state index contributed by atoms with van der Waals surface area (Å²) in [6.07, 6.45) is 2.25. The summed E-state index contributed by atoms with van der Waals surface area (Å²) in [6.45, 7) is 5.11. The Morgan fingerprint density at radius 3 is 2.33 bits per heavy atom. The maximum absolute atomic E-state index is 5.82. The molecule has 0 unspecified atom stereocenters. The molecule has 0 aromatic heterocycles. The fourth-order valence-corrected chi connectivity index (χ4v) is 3.76. The lowest BCUT2D eigenvalue weighted by molar-refractivity contribution is 0.173. The highest BCUT2D eigenvalue weighted by Gasteiger charge is 2.25. The van der Waals surface area contributed by atoms with Gasteiger partial charge >= 0.3 is 0 Å². The van der Waals surface area contributed by atoms with Gasteiger partial charge in [-0.05, 0) is 81.9 Å². The van der Waals surface area contributed by atoms with Crippen LogP contribution < -0.4 is 10.1 Å². The minimum Gasteiger partial charge on any atom is -0.497 e. The minimum absolute atomic E-state index is 0.453. The van der Waals surface area contributed by atoms with Crippen molar-refractivity contribution in [2.45, 2.75) is 32.4 Å². The molecule has 4 nitrogen and oxygen atoms in total. The van der Waals surface area contributed by atoms with E-state index in [1.165, 1.54) is 11.1 Å². The summed E-state index contributed by atoms with van der Waals surface area (Å²) in [5.41, 5.74) is 3.53. The Kier molecular flexibility index (Phi) is 6.69. The summed E-state index contributed by atoms with van der Waals surface area (Å²) in [5.74, 6) is 0.880. The molecule has 1 N–H and O–H groups in total. The molecule has 0 spiro atoms. The molecule has 3 rings (SSSR count). The molecular formula is C22H29N3OS. The number of piperidine rings is 1. The van der Waals surface area contributed by atoms with Crippen LogP contribution in [0.3, 0.4) is 0 Å². The van der Waals surface area contributed by atoms with E-state index in [9.17, 15) is 0 Å². The van der Waals surface area contributed by atoms with Crippen LogP contribution in [0, 0.1) is 6.92 Å². The number of hydrogen-bond acceptors (Lipinski definition) is 3. The standard InChI is InChI=1S/C22H29N3OS/c1-17-4-8-19(9-5-17)23-22(27)25(20-12-14-24(2)15-13-20)16-18-6-10-21(26-3)11-7-18/h4-11,20H,12-16H2,1-3H3,(H,23,27). The van der Waals surface area contributed by atoms with E-state index in [4.69, 9.17) is 17.0 Å². The number of nitrogens with zero attached hydrogens (tertiary/aromatic N) is 2. The van der Waals surface area contributed by atoms with Crippen LogP contribution in [0.1, 0.15) is 24.0 Å². The Morgan fingerprint density at radius 1 is 1.11 bits per heavy atom. The van der Waals surface area contributed by atoms with Gasteiger partial charge in [-0.2, -0.15) is 0 Å². The minimum atomic E-state index is 0.453. The van der Waals surface area contributed by atoms with Crippen LogP contribution >= 0.6 is 12.2 Å². The largest absolute Gasteiger partial charge is 0.497 e. The first kappa shape index (κ1) is 19.6. The first-order chi connectivity index (χ1) is 13.0. The molecule has 0 bridgehead atoms. The fraction of sp³-hybridized carbons (Fsp3) is 0.409. The molecule has 2 aromatic rings. The molecule has 0 atom stereocenters. The van der Waals surface area contributed by atoms with E-state index < -0.39 is 0 Å². The summed E-state index contributed by atoms with van der Waals surface area (Å²) in [5, 5.41) is 4.24. The van der Waals surface area contributed by atoms with Crippen molar-refractivity contribution in [1.29, 1.82) is 0 Å². The molecular weight excluding hydrogens is 354 g/mol. The van der Waals surface area contributed by atoms with Crippen molar-refractivity contribution in [2.75, 3.05) is 32.6 Å². The zero-order chi connectivity index (χ0) is 19.2. The second-order valence-electron chi connectivity index (χ2n) is 7.31. The first-order valence-electron chi connectivity index (χ1n) is 9.51. The second-order valence-corrected chi connectivity index (χ2v) is 7.69. The van der Waals surface area contributed by atoms with Gasteiger partial charge in [0, 0.05) is 18.3 Å². The maximum atomic E-state index is 5.82. The predicted molar refractivity (Wildman–Crippen MR) is 116 cm³/mol. The highest BCUT2D eigenvalue weighted by molar-refractivity contribution is 7.80. The van der Waals surface area contributed by atoms with Gasteiger partial charge in [0.15, 0.2) is 5.11 Å². The Balaban J connectivity index is 1.75. The number of methoxy groups -OCH3 is 1. The van der Waals surface area contributed by atoms with Crippen molar-refractivity contribution in [2.24, 2.45) is 0 Å². The van der Waals surface area contributed by atoms with Crippen LogP contribution in [-0.2, 0) is 6.54 Å². The van der Waals surface area contributed by atoms with Gasteiger partial charge < -0.3 is 19.9 Å². The number of thiocarbonyl (C=S) groups is 1. The van der Waals surface area contributed by atoms with Crippen molar-refractivity contribution in [3.8, 4) is 5.75 Å². The number of nitrogens with one attached hydrogen (secondary N) is 1. The predicted octanol–water partition coefficient (Wildman–Crippen LogP) is 4.30. The molecule has 27 heavy (non-hydrogen) atoms. The number of benzene rings is 2. The normalized spacial score (nSPS) is 15.4. The number of hydrogen-bond donors (Lipinski definition) is 1. The van der Waals surface area contributed by atoms with E-state index >= 15 is 0 Å². The number of aryl methyl sites for hydroxylation is 1. The van der Waals surface area contributed by atoms with Crippen molar-refractivity contribution in [3.63, 3.8) is 0 Å². The van der Waals surface area contributed by atoms with Gasteiger partial charge in [0.1, 0.15) is 5.75 Å². The number of likely N-dealkylation sites (tertiary alicyclic amines) is 1. The summed E-state index contributed by atoms with van der Waals surface area (Å²) in [7, 11) is 3.88. The molecule has 1 aliphatic rings. The van der Waals surface area contributed by atoms with Crippen LogP contribution in [0.4, 0.5) is 5.69 Å². The maximum Gasteiger partial charge on any atom is 0.173 e. The highest BCUT2D eigenvalue weighted by atomic mass is 32.1. The van der Waals surface area contributed by atoms with Crippen LogP contribution in [0.25, 0.3) is 0 Å². The molecule has 0 amide bonds. The second kappa shape index (κ2) is 9.20. The average Bonchev–Trinajstić information content (AvgIpc) is 2.69. The molecule has 0 aliphatic carbocycles. The van der Waals surface area contributed by atoms with E-state index in [1.54, 1.807) is 7.11 Å². The molecule has 5 heteroatoms. The quantitative estimate of drug-likeness (QED) is 0.777. The van der Waals surface area contributed by atoms with Gasteiger partial charge in [0.2, 0.25) is 0 Å². The summed E-state index contributed by atoms with van der Waals surface area (Å²) < 4.78 is 5.28. The van der Waals surface area contributed by atoms with E-state index in [0.29, 0.717) is 6.04 Å². The van der Waals surface area contributed by atoms with Crippen molar-refractivity contribution in [1.82, 2.24) is 9.80 Å². The van der Waals surface area contributed by atoms with Crippen LogP contribution in [0.2, 0.25) is 0 Å². The fourth-order valence-electron chi connectivity index (χ4n) is 3.43. The van der Waals surface area contributed by atoms with Crippen molar-refractivity contribution >= 4 is 23.0 Å². The lowest BCUT2D eigenvalue weighted by Gasteiger charge is -2.39. The van der Waals surface area contributed by atoms with Crippen molar-refractivity contribution < 1.29 is 4.74 Å². The Hall–Kier alpha value is -2.11. The number of ether oxygens (including phenoxy) is 1. The average molecular weight is 384 g/mol. The van der Waals surface area contributed by atoms with E-state index in [0.717, 1.165) is 49.0 Å². The van der Waals surface area contributed by atoms with E-state index in [-0.39, 0.29) is 0 Å². The van der Waals surface area contributed by atoms with Gasteiger partial charge in [0.25, 0.3) is 0 Å². The monoisotopic (exact) mass is 383 g/mol. The van der Waals surface area contributed by atoms with Crippen LogP contribution in [0.5, 0.6) is 5.75 Å². The molecule has 1 heterocycles. The molecule has 2 aromatic carbocycles. The highest BCUT2D eigenvalue weighted by Crippen LogP contribution is 2.21. The van der Waals surface area contributed by atoms with Gasteiger partial charge in [0.05, 0.1) is 7.11 Å². The third-order valence-electron chi connectivity index (χ3n) is 5.20. The molecule has 1 saturated heterocycles. The Bertz CT molecular complexity index is 737. The molecule has 0 saturated carbocycles. The van der Waals surface area contributed by atoms with Crippen LogP contribution in [0.15, 0.2) is 48.5 Å². The third kappa shape index (κ3) is 5.44. The van der Waals surface area contributed by atoms with Gasteiger partial charge in [-0.1, -0.05) is 29.8 Å². The summed E-state index contributed by atoms with van der Waals surface area (Å²) in [4.78, 5) is 4.74. The molecule has 144 valence electrons. The lowest BCUT2D eigenvalue weighted by Crippen LogP contribution is -2.47. The zero-order valence-corrected chi connectivity index (χ0v) is 17.3. The zero-order valence-electron chi connectivity index (χ0n) is 16.4. The smallest absolute Gasteiger partial charge is 0.173 e. The SMILES string of the molecule is COc1ccc(CN(C(=S)Nc2ccc(C)cc2)C2CCN(C)CC2)cc1. The lowest BCUT2D eigenvalue weighted by atomic mass is 10.0. The van der Waals surface area contributed by atoms with Crippen molar-refractivity contribution in [3.05, 3.63) is 59.7 Å². The summed E-state index contributed by atoms with van der Waals surface area (Å²) in [6, 6.07) is 17.1. The Labute approximate surface area is 168 Å². The van der Waals surface area contributed by atoms with Crippen LogP contribution in [-0.4, -0.2) is 48.2 Å². The van der Waals surface area contributed by atoms with Gasteiger partial charge in [-0.3, -0.25) is 0 Å². The number of rotatable bonds is 5. The van der Waals surface area contributed by atoms with E-state index in [1.807, 2.05) is 12.1 Å². The Morgan fingerprint density at radius 2 is 1.74 bits per heavy atom. The molecule has 0 radical (unpaired) electrons. The van der Waals surface area contributed by atoms with Gasteiger partial charge in [-0.15, -0.1) is 0 Å².